The van der Waals surface area contributed by atoms with Crippen LogP contribution in [0.25, 0.3) is 0 Å². The number of aliphatic hydroxyl groups excluding tert-OH is 1. The van der Waals surface area contributed by atoms with Crippen molar-refractivity contribution in [2.75, 3.05) is 13.1 Å². The van der Waals surface area contributed by atoms with Gasteiger partial charge in [-0.2, -0.15) is 4.31 Å². The first-order valence-electron chi connectivity index (χ1n) is 5.76. The molecule has 0 aliphatic carbocycles. The second kappa shape index (κ2) is 6.14. The maximum atomic E-state index is 12.3. The first kappa shape index (κ1) is 14.2. The number of sulfonamides is 1. The van der Waals surface area contributed by atoms with Gasteiger partial charge in [-0.1, -0.05) is 26.0 Å². The van der Waals surface area contributed by atoms with Gasteiger partial charge in [0.2, 0.25) is 10.0 Å². The van der Waals surface area contributed by atoms with Gasteiger partial charge in [0.15, 0.2) is 0 Å². The summed E-state index contributed by atoms with van der Waals surface area (Å²) in [5.74, 6) is 0. The van der Waals surface area contributed by atoms with Crippen LogP contribution in [0.5, 0.6) is 0 Å². The lowest BCUT2D eigenvalue weighted by Crippen LogP contribution is -2.31. The third-order valence-corrected chi connectivity index (χ3v) is 4.51. The fourth-order valence-electron chi connectivity index (χ4n) is 1.65. The molecule has 0 aliphatic rings. The summed E-state index contributed by atoms with van der Waals surface area (Å²) >= 11 is 0. The number of aliphatic hydroxyl groups is 1. The minimum absolute atomic E-state index is 0.150. The second-order valence-corrected chi connectivity index (χ2v) is 5.74. The fourth-order valence-corrected chi connectivity index (χ4v) is 3.26. The van der Waals surface area contributed by atoms with Crippen LogP contribution in [0, 0.1) is 0 Å². The Balaban J connectivity index is 3.10. The van der Waals surface area contributed by atoms with E-state index in [1.54, 1.807) is 18.2 Å². The summed E-state index contributed by atoms with van der Waals surface area (Å²) in [5.41, 5.74) is 0.610. The smallest absolute Gasteiger partial charge is 0.243 e. The Labute approximate surface area is 103 Å². The van der Waals surface area contributed by atoms with Crippen molar-refractivity contribution in [3.8, 4) is 0 Å². The molecule has 0 fully saturated rings. The topological polar surface area (TPSA) is 57.6 Å². The summed E-state index contributed by atoms with van der Waals surface area (Å²) in [6.45, 7) is 4.59. The number of rotatable bonds is 6. The van der Waals surface area contributed by atoms with Gasteiger partial charge in [0.25, 0.3) is 0 Å². The molecular weight excluding hydrogens is 238 g/mol. The van der Waals surface area contributed by atoms with Gasteiger partial charge in [-0.15, -0.1) is 0 Å². The van der Waals surface area contributed by atoms with E-state index in [-0.39, 0.29) is 11.5 Å². The molecule has 1 aromatic carbocycles. The summed E-state index contributed by atoms with van der Waals surface area (Å²) in [6, 6.07) is 6.44. The summed E-state index contributed by atoms with van der Waals surface area (Å²) in [7, 11) is -3.42. The van der Waals surface area contributed by atoms with Gasteiger partial charge in [-0.05, 0) is 24.1 Å². The molecular formula is C12H19NO3S. The van der Waals surface area contributed by atoms with Crippen LogP contribution in [0.15, 0.2) is 29.2 Å². The Morgan fingerprint density at radius 3 is 2.53 bits per heavy atom. The average Bonchev–Trinajstić information content (AvgIpc) is 2.35. The molecule has 0 saturated carbocycles. The average molecular weight is 257 g/mol. The highest BCUT2D eigenvalue weighted by Crippen LogP contribution is 2.17. The van der Waals surface area contributed by atoms with E-state index >= 15 is 0 Å². The Morgan fingerprint density at radius 1 is 1.29 bits per heavy atom. The zero-order valence-electron chi connectivity index (χ0n) is 10.3. The summed E-state index contributed by atoms with van der Waals surface area (Å²) in [6.07, 6.45) is 0.784. The molecule has 0 aliphatic heterocycles. The molecule has 96 valence electrons. The Morgan fingerprint density at radius 2 is 2.00 bits per heavy atom. The second-order valence-electron chi connectivity index (χ2n) is 3.80. The molecule has 0 atom stereocenters. The van der Waals surface area contributed by atoms with E-state index in [2.05, 4.69) is 0 Å². The molecule has 0 bridgehead atoms. The molecule has 0 aromatic heterocycles. The number of benzene rings is 1. The maximum absolute atomic E-state index is 12.3. The van der Waals surface area contributed by atoms with Crippen molar-refractivity contribution in [1.82, 2.24) is 4.31 Å². The fraction of sp³-hybridized carbons (Fsp3) is 0.500. The molecule has 1 rings (SSSR count). The third-order valence-electron chi connectivity index (χ3n) is 2.54. The standard InChI is InChI=1S/C12H19NO3S/c1-3-8-13(4-2)17(15,16)12-7-5-6-11(9-12)10-14/h5-7,9,14H,3-4,8,10H2,1-2H3. The van der Waals surface area contributed by atoms with Gasteiger partial charge < -0.3 is 5.11 Å². The molecule has 0 heterocycles. The van der Waals surface area contributed by atoms with Crippen LogP contribution < -0.4 is 0 Å². The predicted molar refractivity (Wildman–Crippen MR) is 67.1 cm³/mol. The number of hydrogen-bond acceptors (Lipinski definition) is 3. The molecule has 0 spiro atoms. The van der Waals surface area contributed by atoms with Crippen LogP contribution in [-0.4, -0.2) is 30.9 Å². The van der Waals surface area contributed by atoms with Crippen LogP contribution in [0.1, 0.15) is 25.8 Å². The van der Waals surface area contributed by atoms with Gasteiger partial charge in [0.05, 0.1) is 11.5 Å². The van der Waals surface area contributed by atoms with E-state index in [4.69, 9.17) is 5.11 Å². The summed E-state index contributed by atoms with van der Waals surface area (Å²) in [5, 5.41) is 9.02. The first-order valence-corrected chi connectivity index (χ1v) is 7.20. The van der Waals surface area contributed by atoms with Gasteiger partial charge in [0, 0.05) is 13.1 Å². The van der Waals surface area contributed by atoms with Gasteiger partial charge >= 0.3 is 0 Å². The minimum Gasteiger partial charge on any atom is -0.392 e. The molecule has 0 amide bonds. The SMILES string of the molecule is CCCN(CC)S(=O)(=O)c1cccc(CO)c1. The Bertz CT molecular complexity index is 457. The minimum atomic E-state index is -3.42. The largest absolute Gasteiger partial charge is 0.392 e. The monoisotopic (exact) mass is 257 g/mol. The van der Waals surface area contributed by atoms with E-state index in [1.807, 2.05) is 13.8 Å². The van der Waals surface area contributed by atoms with Crippen molar-refractivity contribution < 1.29 is 13.5 Å². The van der Waals surface area contributed by atoms with Crippen molar-refractivity contribution >= 4 is 10.0 Å². The van der Waals surface area contributed by atoms with Crippen LogP contribution in [0.3, 0.4) is 0 Å². The van der Waals surface area contributed by atoms with Crippen molar-refractivity contribution in [1.29, 1.82) is 0 Å². The lowest BCUT2D eigenvalue weighted by molar-refractivity contribution is 0.281. The van der Waals surface area contributed by atoms with E-state index < -0.39 is 10.0 Å². The normalized spacial score (nSPS) is 12.0. The van der Waals surface area contributed by atoms with Gasteiger partial charge in [-0.25, -0.2) is 8.42 Å². The lowest BCUT2D eigenvalue weighted by Gasteiger charge is -2.19. The molecule has 17 heavy (non-hydrogen) atoms. The molecule has 1 N–H and O–H groups in total. The Hall–Kier alpha value is -0.910. The number of nitrogens with zero attached hydrogens (tertiary/aromatic N) is 1. The summed E-state index contributed by atoms with van der Waals surface area (Å²) < 4.78 is 26.0. The molecule has 0 radical (unpaired) electrons. The van der Waals surface area contributed by atoms with E-state index in [9.17, 15) is 8.42 Å². The predicted octanol–water partition coefficient (Wildman–Crippen LogP) is 1.60. The zero-order chi connectivity index (χ0) is 12.9. The zero-order valence-corrected chi connectivity index (χ0v) is 11.1. The van der Waals surface area contributed by atoms with Gasteiger partial charge in [-0.3, -0.25) is 0 Å². The molecule has 5 heteroatoms. The molecule has 0 saturated heterocycles. The van der Waals surface area contributed by atoms with Crippen molar-refractivity contribution in [2.24, 2.45) is 0 Å². The summed E-state index contributed by atoms with van der Waals surface area (Å²) in [4.78, 5) is 0.249. The number of hydrogen-bond donors (Lipinski definition) is 1. The highest BCUT2D eigenvalue weighted by Gasteiger charge is 2.22. The van der Waals surface area contributed by atoms with Crippen LogP contribution in [-0.2, 0) is 16.6 Å². The van der Waals surface area contributed by atoms with Crippen molar-refractivity contribution in [3.63, 3.8) is 0 Å². The highest BCUT2D eigenvalue weighted by atomic mass is 32.2. The lowest BCUT2D eigenvalue weighted by atomic mass is 10.2. The van der Waals surface area contributed by atoms with Crippen LogP contribution in [0.4, 0.5) is 0 Å². The van der Waals surface area contributed by atoms with Crippen molar-refractivity contribution in [3.05, 3.63) is 29.8 Å². The Kier molecular flexibility index (Phi) is 5.11. The third kappa shape index (κ3) is 3.28. The molecule has 1 aromatic rings. The van der Waals surface area contributed by atoms with E-state index in [0.717, 1.165) is 6.42 Å². The highest BCUT2D eigenvalue weighted by molar-refractivity contribution is 7.89. The van der Waals surface area contributed by atoms with E-state index in [1.165, 1.54) is 10.4 Å². The first-order chi connectivity index (χ1) is 8.06. The quantitative estimate of drug-likeness (QED) is 0.842. The van der Waals surface area contributed by atoms with Crippen LogP contribution >= 0.6 is 0 Å². The molecule has 0 unspecified atom stereocenters. The molecule has 4 nitrogen and oxygen atoms in total. The van der Waals surface area contributed by atoms with E-state index in [0.29, 0.717) is 18.7 Å². The van der Waals surface area contributed by atoms with Gasteiger partial charge in [0.1, 0.15) is 0 Å². The van der Waals surface area contributed by atoms with Crippen LogP contribution in [0.2, 0.25) is 0 Å². The maximum Gasteiger partial charge on any atom is 0.243 e. The van der Waals surface area contributed by atoms with Crippen molar-refractivity contribution in [2.45, 2.75) is 31.8 Å².